The Bertz CT molecular complexity index is 896. The summed E-state index contributed by atoms with van der Waals surface area (Å²) >= 11 is 0. The molecule has 2 amide bonds. The molecule has 6 heteroatoms. The maximum Gasteiger partial charge on any atom is 0.289 e. The van der Waals surface area contributed by atoms with E-state index in [2.05, 4.69) is 4.98 Å². The SMILES string of the molecule is CCN(C(=O)c1nc(C(=O)N2CCCC2)n2c1CCCC2)c1cccc(C)c1. The summed E-state index contributed by atoms with van der Waals surface area (Å²) in [6.45, 7) is 6.89. The van der Waals surface area contributed by atoms with Gasteiger partial charge in [-0.05, 0) is 63.6 Å². The molecule has 0 unspecified atom stereocenters. The van der Waals surface area contributed by atoms with Crippen LogP contribution in [0.15, 0.2) is 24.3 Å². The zero-order chi connectivity index (χ0) is 19.7. The van der Waals surface area contributed by atoms with E-state index in [0.717, 1.165) is 68.7 Å². The number of carbonyl (C=O) groups is 2. The maximum atomic E-state index is 13.4. The number of aromatic nitrogens is 2. The van der Waals surface area contributed by atoms with Crippen LogP contribution in [0.1, 0.15) is 65.0 Å². The summed E-state index contributed by atoms with van der Waals surface area (Å²) in [7, 11) is 0. The molecule has 1 saturated heterocycles. The average molecular weight is 380 g/mol. The zero-order valence-electron chi connectivity index (χ0n) is 16.8. The second kappa shape index (κ2) is 7.78. The van der Waals surface area contributed by atoms with Gasteiger partial charge in [0.15, 0.2) is 11.5 Å². The lowest BCUT2D eigenvalue weighted by molar-refractivity contribution is 0.0774. The molecule has 0 saturated carbocycles. The highest BCUT2D eigenvalue weighted by molar-refractivity contribution is 6.06. The number of imidazole rings is 1. The minimum absolute atomic E-state index is 0.0293. The van der Waals surface area contributed by atoms with Gasteiger partial charge in [0.25, 0.3) is 11.8 Å². The number of amides is 2. The van der Waals surface area contributed by atoms with Crippen LogP contribution in [0.5, 0.6) is 0 Å². The minimum atomic E-state index is -0.112. The smallest absolute Gasteiger partial charge is 0.289 e. The molecule has 0 aliphatic carbocycles. The minimum Gasteiger partial charge on any atom is -0.336 e. The topological polar surface area (TPSA) is 58.4 Å². The summed E-state index contributed by atoms with van der Waals surface area (Å²) in [5.74, 6) is 0.303. The second-order valence-corrected chi connectivity index (χ2v) is 7.73. The van der Waals surface area contributed by atoms with Crippen LogP contribution in [0.3, 0.4) is 0 Å². The standard InChI is InChI=1S/C22H28N4O2/c1-3-25(17-10-8-9-16(2)15-17)21(27)19-18-11-4-5-14-26(18)20(23-19)22(28)24-12-6-7-13-24/h8-10,15H,3-7,11-14H2,1-2H3. The number of rotatable bonds is 4. The first-order chi connectivity index (χ1) is 13.6. The molecule has 6 nitrogen and oxygen atoms in total. The number of likely N-dealkylation sites (tertiary alicyclic amines) is 1. The van der Waals surface area contributed by atoms with Gasteiger partial charge in [0.05, 0.1) is 5.69 Å². The molecule has 0 radical (unpaired) electrons. The first-order valence-electron chi connectivity index (χ1n) is 10.4. The Morgan fingerprint density at radius 3 is 2.57 bits per heavy atom. The fourth-order valence-electron chi connectivity index (χ4n) is 4.31. The van der Waals surface area contributed by atoms with E-state index in [9.17, 15) is 9.59 Å². The number of fused-ring (bicyclic) bond motifs is 1. The van der Waals surface area contributed by atoms with Gasteiger partial charge in [-0.15, -0.1) is 0 Å². The molecule has 148 valence electrons. The van der Waals surface area contributed by atoms with Crippen LogP contribution < -0.4 is 4.90 Å². The van der Waals surface area contributed by atoms with E-state index in [1.807, 2.05) is 47.6 Å². The van der Waals surface area contributed by atoms with E-state index in [-0.39, 0.29) is 11.8 Å². The summed E-state index contributed by atoms with van der Waals surface area (Å²) in [4.78, 5) is 34.7. The van der Waals surface area contributed by atoms with Crippen molar-refractivity contribution in [1.82, 2.24) is 14.5 Å². The molecule has 0 spiro atoms. The first kappa shape index (κ1) is 18.7. The summed E-state index contributed by atoms with van der Waals surface area (Å²) in [6.07, 6.45) is 4.93. The maximum absolute atomic E-state index is 13.4. The molecule has 2 aliphatic heterocycles. The van der Waals surface area contributed by atoms with Crippen molar-refractivity contribution in [3.63, 3.8) is 0 Å². The van der Waals surface area contributed by atoms with Gasteiger partial charge in [0.2, 0.25) is 0 Å². The van der Waals surface area contributed by atoms with Gasteiger partial charge in [-0.25, -0.2) is 4.98 Å². The molecule has 3 heterocycles. The van der Waals surface area contributed by atoms with Crippen molar-refractivity contribution in [1.29, 1.82) is 0 Å². The Balaban J connectivity index is 1.72. The lowest BCUT2D eigenvalue weighted by Gasteiger charge is -2.22. The van der Waals surface area contributed by atoms with E-state index in [1.54, 1.807) is 4.90 Å². The highest BCUT2D eigenvalue weighted by Gasteiger charge is 2.32. The molecule has 2 aromatic rings. The zero-order valence-corrected chi connectivity index (χ0v) is 16.8. The Labute approximate surface area is 166 Å². The highest BCUT2D eigenvalue weighted by atomic mass is 16.2. The van der Waals surface area contributed by atoms with E-state index in [0.29, 0.717) is 18.1 Å². The van der Waals surface area contributed by atoms with Crippen molar-refractivity contribution in [3.05, 3.63) is 47.0 Å². The summed E-state index contributed by atoms with van der Waals surface area (Å²) < 4.78 is 2.00. The molecule has 1 aromatic heterocycles. The fraction of sp³-hybridized carbons (Fsp3) is 0.500. The third-order valence-electron chi connectivity index (χ3n) is 5.78. The quantitative estimate of drug-likeness (QED) is 0.816. The van der Waals surface area contributed by atoms with Crippen molar-refractivity contribution in [2.45, 2.75) is 52.5 Å². The number of aryl methyl sites for hydroxylation is 1. The van der Waals surface area contributed by atoms with Crippen LogP contribution in [0.25, 0.3) is 0 Å². The van der Waals surface area contributed by atoms with E-state index >= 15 is 0 Å². The molecule has 28 heavy (non-hydrogen) atoms. The van der Waals surface area contributed by atoms with Gasteiger partial charge in [0, 0.05) is 31.9 Å². The lowest BCUT2D eigenvalue weighted by atomic mass is 10.1. The highest BCUT2D eigenvalue weighted by Crippen LogP contribution is 2.26. The van der Waals surface area contributed by atoms with Crippen LogP contribution in [0.4, 0.5) is 5.69 Å². The molecule has 0 bridgehead atoms. The van der Waals surface area contributed by atoms with Gasteiger partial charge < -0.3 is 14.4 Å². The van der Waals surface area contributed by atoms with Gasteiger partial charge in [0.1, 0.15) is 0 Å². The third kappa shape index (κ3) is 3.32. The van der Waals surface area contributed by atoms with Crippen LogP contribution in [-0.4, -0.2) is 45.9 Å². The third-order valence-corrected chi connectivity index (χ3v) is 5.78. The predicted octanol–water partition coefficient (Wildman–Crippen LogP) is 3.43. The molecule has 2 aliphatic rings. The van der Waals surface area contributed by atoms with Crippen molar-refractivity contribution in [2.75, 3.05) is 24.5 Å². The number of nitrogens with zero attached hydrogens (tertiary/aromatic N) is 4. The molecular weight excluding hydrogens is 352 g/mol. The molecular formula is C22H28N4O2. The van der Waals surface area contributed by atoms with Gasteiger partial charge in [-0.2, -0.15) is 0 Å². The number of hydrogen-bond donors (Lipinski definition) is 0. The largest absolute Gasteiger partial charge is 0.336 e. The Kier molecular flexibility index (Phi) is 5.20. The lowest BCUT2D eigenvalue weighted by Crippen LogP contribution is -2.32. The van der Waals surface area contributed by atoms with Crippen molar-refractivity contribution in [2.24, 2.45) is 0 Å². The molecule has 4 rings (SSSR count). The Morgan fingerprint density at radius 2 is 1.86 bits per heavy atom. The second-order valence-electron chi connectivity index (χ2n) is 7.73. The number of hydrogen-bond acceptors (Lipinski definition) is 3. The number of carbonyl (C=O) groups excluding carboxylic acids is 2. The Morgan fingerprint density at radius 1 is 1.11 bits per heavy atom. The number of anilines is 1. The van der Waals surface area contributed by atoms with Crippen molar-refractivity contribution < 1.29 is 9.59 Å². The van der Waals surface area contributed by atoms with Crippen LogP contribution >= 0.6 is 0 Å². The van der Waals surface area contributed by atoms with Crippen LogP contribution in [-0.2, 0) is 13.0 Å². The molecule has 1 fully saturated rings. The van der Waals surface area contributed by atoms with Gasteiger partial charge in [-0.3, -0.25) is 9.59 Å². The predicted molar refractivity (Wildman–Crippen MR) is 109 cm³/mol. The molecule has 0 N–H and O–H groups in total. The van der Waals surface area contributed by atoms with Crippen molar-refractivity contribution >= 4 is 17.5 Å². The normalized spacial score (nSPS) is 16.1. The fourth-order valence-corrected chi connectivity index (χ4v) is 4.31. The molecule has 1 aromatic carbocycles. The van der Waals surface area contributed by atoms with E-state index < -0.39 is 0 Å². The number of benzene rings is 1. The van der Waals surface area contributed by atoms with Gasteiger partial charge >= 0.3 is 0 Å². The molecule has 0 atom stereocenters. The van der Waals surface area contributed by atoms with Crippen LogP contribution in [0.2, 0.25) is 0 Å². The van der Waals surface area contributed by atoms with Gasteiger partial charge in [-0.1, -0.05) is 12.1 Å². The average Bonchev–Trinajstić information content (AvgIpc) is 3.36. The monoisotopic (exact) mass is 380 g/mol. The van der Waals surface area contributed by atoms with E-state index in [1.165, 1.54) is 0 Å². The Hall–Kier alpha value is -2.63. The first-order valence-corrected chi connectivity index (χ1v) is 10.4. The van der Waals surface area contributed by atoms with Crippen molar-refractivity contribution in [3.8, 4) is 0 Å². The van der Waals surface area contributed by atoms with Crippen LogP contribution in [0, 0.1) is 6.92 Å². The van der Waals surface area contributed by atoms with E-state index in [4.69, 9.17) is 0 Å². The summed E-state index contributed by atoms with van der Waals surface area (Å²) in [5.41, 5.74) is 3.36. The summed E-state index contributed by atoms with van der Waals surface area (Å²) in [5, 5.41) is 0. The summed E-state index contributed by atoms with van der Waals surface area (Å²) in [6, 6.07) is 7.95.